The Morgan fingerprint density at radius 2 is 1.80 bits per heavy atom. The van der Waals surface area contributed by atoms with Crippen LogP contribution in [-0.4, -0.2) is 41.1 Å². The molecule has 1 amide bonds. The molecule has 0 saturated carbocycles. The van der Waals surface area contributed by atoms with Crippen LogP contribution in [0, 0.1) is 0 Å². The van der Waals surface area contributed by atoms with Gasteiger partial charge >= 0.3 is 0 Å². The number of hydrazone groups is 1. The highest BCUT2D eigenvalue weighted by Gasteiger charge is 2.14. The largest absolute Gasteiger partial charge is 0.493 e. The number of nitrogens with zero attached hydrogens (tertiary/aromatic N) is 3. The highest BCUT2D eigenvalue weighted by atomic mass is 35.5. The van der Waals surface area contributed by atoms with Crippen LogP contribution in [0.25, 0.3) is 11.0 Å². The van der Waals surface area contributed by atoms with Gasteiger partial charge in [-0.15, -0.1) is 0 Å². The minimum absolute atomic E-state index is 0.161. The van der Waals surface area contributed by atoms with Gasteiger partial charge in [0.2, 0.25) is 0 Å². The van der Waals surface area contributed by atoms with Crippen molar-refractivity contribution in [2.24, 2.45) is 5.10 Å². The molecule has 7 nitrogen and oxygen atoms in total. The van der Waals surface area contributed by atoms with E-state index in [0.717, 1.165) is 27.3 Å². The van der Waals surface area contributed by atoms with Gasteiger partial charge in [-0.3, -0.25) is 4.79 Å². The number of benzene rings is 3. The SMILES string of the molecule is COc1ccc(/C(C)=N\NC(=O)CSc2nc3ccccc3n2Cc2ccccc2Cl)cc1OC. The van der Waals surface area contributed by atoms with Crippen molar-refractivity contribution in [3.63, 3.8) is 0 Å². The molecule has 0 aliphatic rings. The van der Waals surface area contributed by atoms with E-state index in [1.165, 1.54) is 11.8 Å². The zero-order valence-electron chi connectivity index (χ0n) is 19.6. The van der Waals surface area contributed by atoms with Crippen molar-refractivity contribution < 1.29 is 14.3 Å². The molecule has 0 aliphatic heterocycles. The van der Waals surface area contributed by atoms with Crippen molar-refractivity contribution in [1.29, 1.82) is 0 Å². The van der Waals surface area contributed by atoms with E-state index in [-0.39, 0.29) is 11.7 Å². The Labute approximate surface area is 213 Å². The lowest BCUT2D eigenvalue weighted by Gasteiger charge is -2.10. The van der Waals surface area contributed by atoms with E-state index in [1.807, 2.05) is 67.6 Å². The quantitative estimate of drug-likeness (QED) is 0.186. The van der Waals surface area contributed by atoms with Gasteiger partial charge in [-0.2, -0.15) is 5.10 Å². The molecule has 1 heterocycles. The number of fused-ring (bicyclic) bond motifs is 1. The van der Waals surface area contributed by atoms with E-state index in [0.29, 0.717) is 28.8 Å². The summed E-state index contributed by atoms with van der Waals surface area (Å²) >= 11 is 7.75. The van der Waals surface area contributed by atoms with E-state index in [9.17, 15) is 4.79 Å². The predicted molar refractivity (Wildman–Crippen MR) is 141 cm³/mol. The second-order valence-corrected chi connectivity index (χ2v) is 9.00. The van der Waals surface area contributed by atoms with Gasteiger partial charge in [0.1, 0.15) is 0 Å². The van der Waals surface area contributed by atoms with Crippen LogP contribution < -0.4 is 14.9 Å². The normalized spacial score (nSPS) is 11.5. The summed E-state index contributed by atoms with van der Waals surface area (Å²) < 4.78 is 12.7. The molecule has 0 bridgehead atoms. The van der Waals surface area contributed by atoms with E-state index in [1.54, 1.807) is 20.3 Å². The molecule has 4 rings (SSSR count). The zero-order chi connectivity index (χ0) is 24.8. The maximum Gasteiger partial charge on any atom is 0.250 e. The number of aromatic nitrogens is 2. The number of amides is 1. The number of nitrogens with one attached hydrogen (secondary N) is 1. The molecule has 0 unspecified atom stereocenters. The first-order valence-corrected chi connectivity index (χ1v) is 12.2. The Morgan fingerprint density at radius 1 is 1.06 bits per heavy atom. The first-order chi connectivity index (χ1) is 17.0. The van der Waals surface area contributed by atoms with E-state index >= 15 is 0 Å². The summed E-state index contributed by atoms with van der Waals surface area (Å²) in [5.74, 6) is 1.16. The summed E-state index contributed by atoms with van der Waals surface area (Å²) in [6.07, 6.45) is 0. The number of ether oxygens (including phenoxy) is 2. The molecule has 0 fully saturated rings. The molecule has 4 aromatic rings. The van der Waals surface area contributed by atoms with Crippen LogP contribution in [0.5, 0.6) is 11.5 Å². The van der Waals surface area contributed by atoms with Gasteiger partial charge in [-0.25, -0.2) is 10.4 Å². The molecule has 3 aromatic carbocycles. The maximum absolute atomic E-state index is 12.6. The summed E-state index contributed by atoms with van der Waals surface area (Å²) in [5, 5.41) is 5.68. The minimum Gasteiger partial charge on any atom is -0.493 e. The number of thioether (sulfide) groups is 1. The fraction of sp³-hybridized carbons (Fsp3) is 0.192. The van der Waals surface area contributed by atoms with Crippen LogP contribution in [0.15, 0.2) is 77.0 Å². The molecule has 1 N–H and O–H groups in total. The number of hydrogen-bond donors (Lipinski definition) is 1. The molecular formula is C26H25ClN4O3S. The van der Waals surface area contributed by atoms with Gasteiger partial charge in [0.05, 0.1) is 43.3 Å². The van der Waals surface area contributed by atoms with Crippen molar-refractivity contribution in [1.82, 2.24) is 15.0 Å². The summed E-state index contributed by atoms with van der Waals surface area (Å²) in [7, 11) is 3.16. The number of hydrogen-bond acceptors (Lipinski definition) is 6. The van der Waals surface area contributed by atoms with Gasteiger partial charge in [0.25, 0.3) is 5.91 Å². The lowest BCUT2D eigenvalue weighted by molar-refractivity contribution is -0.118. The first-order valence-electron chi connectivity index (χ1n) is 10.9. The Kier molecular flexibility index (Phi) is 7.94. The topological polar surface area (TPSA) is 77.7 Å². The smallest absolute Gasteiger partial charge is 0.250 e. The number of para-hydroxylation sites is 2. The molecule has 35 heavy (non-hydrogen) atoms. The third-order valence-corrected chi connectivity index (χ3v) is 6.73. The second kappa shape index (κ2) is 11.3. The molecule has 0 saturated heterocycles. The monoisotopic (exact) mass is 508 g/mol. The van der Waals surface area contributed by atoms with Crippen LogP contribution in [0.1, 0.15) is 18.1 Å². The first kappa shape index (κ1) is 24.6. The van der Waals surface area contributed by atoms with Crippen LogP contribution in [0.2, 0.25) is 5.02 Å². The van der Waals surface area contributed by atoms with Crippen LogP contribution in [-0.2, 0) is 11.3 Å². The van der Waals surface area contributed by atoms with E-state index in [2.05, 4.69) is 15.1 Å². The zero-order valence-corrected chi connectivity index (χ0v) is 21.2. The number of rotatable bonds is 9. The van der Waals surface area contributed by atoms with Crippen LogP contribution in [0.4, 0.5) is 0 Å². The molecule has 1 aromatic heterocycles. The third kappa shape index (κ3) is 5.78. The number of halogens is 1. The van der Waals surface area contributed by atoms with Crippen LogP contribution >= 0.6 is 23.4 Å². The Hall–Kier alpha value is -3.49. The third-order valence-electron chi connectivity index (χ3n) is 5.39. The summed E-state index contributed by atoms with van der Waals surface area (Å²) in [4.78, 5) is 17.3. The highest BCUT2D eigenvalue weighted by Crippen LogP contribution is 2.28. The molecule has 9 heteroatoms. The summed E-state index contributed by atoms with van der Waals surface area (Å²) in [5.41, 5.74) is 6.93. The van der Waals surface area contributed by atoms with Gasteiger partial charge in [-0.1, -0.05) is 53.7 Å². The van der Waals surface area contributed by atoms with Gasteiger partial charge in [-0.05, 0) is 48.9 Å². The fourth-order valence-electron chi connectivity index (χ4n) is 3.55. The highest BCUT2D eigenvalue weighted by molar-refractivity contribution is 7.99. The lowest BCUT2D eigenvalue weighted by Crippen LogP contribution is -2.21. The molecular weight excluding hydrogens is 484 g/mol. The average Bonchev–Trinajstić information content (AvgIpc) is 3.24. The van der Waals surface area contributed by atoms with Gasteiger partial charge in [0, 0.05) is 10.6 Å². The van der Waals surface area contributed by atoms with Gasteiger partial charge in [0.15, 0.2) is 16.7 Å². The van der Waals surface area contributed by atoms with Crippen molar-refractivity contribution in [3.05, 3.63) is 82.9 Å². The minimum atomic E-state index is -0.230. The van der Waals surface area contributed by atoms with Crippen molar-refractivity contribution in [2.45, 2.75) is 18.6 Å². The molecule has 0 atom stereocenters. The van der Waals surface area contributed by atoms with Crippen LogP contribution in [0.3, 0.4) is 0 Å². The Balaban J connectivity index is 1.47. The van der Waals surface area contributed by atoms with Gasteiger partial charge < -0.3 is 14.0 Å². The average molecular weight is 509 g/mol. The van der Waals surface area contributed by atoms with Crippen molar-refractivity contribution in [2.75, 3.05) is 20.0 Å². The molecule has 180 valence electrons. The number of methoxy groups -OCH3 is 2. The summed E-state index contributed by atoms with van der Waals surface area (Å²) in [6, 6.07) is 21.1. The fourth-order valence-corrected chi connectivity index (χ4v) is 4.55. The molecule has 0 aliphatic carbocycles. The summed E-state index contributed by atoms with van der Waals surface area (Å²) in [6.45, 7) is 2.37. The maximum atomic E-state index is 12.6. The standard InChI is InChI=1S/C26H25ClN4O3S/c1-17(18-12-13-23(33-2)24(14-18)34-3)29-30-25(32)16-35-26-28-21-10-6-7-11-22(21)31(26)15-19-8-4-5-9-20(19)27/h4-14H,15-16H2,1-3H3,(H,30,32)/b29-17-. The van der Waals surface area contributed by atoms with Crippen molar-refractivity contribution in [3.8, 4) is 11.5 Å². The van der Waals surface area contributed by atoms with E-state index < -0.39 is 0 Å². The number of imidazole rings is 1. The Bertz CT molecular complexity index is 1390. The second-order valence-electron chi connectivity index (χ2n) is 7.65. The lowest BCUT2D eigenvalue weighted by atomic mass is 10.1. The Morgan fingerprint density at radius 3 is 2.57 bits per heavy atom. The number of carbonyl (C=O) groups is 1. The predicted octanol–water partition coefficient (Wildman–Crippen LogP) is 5.39. The molecule has 0 spiro atoms. The molecule has 0 radical (unpaired) electrons. The number of carbonyl (C=O) groups excluding carboxylic acids is 1. The van der Waals surface area contributed by atoms with E-state index in [4.69, 9.17) is 26.1 Å². The van der Waals surface area contributed by atoms with Crippen molar-refractivity contribution >= 4 is 46.0 Å².